The lowest BCUT2D eigenvalue weighted by Gasteiger charge is -2.18. The van der Waals surface area contributed by atoms with Crippen LogP contribution in [0.15, 0.2) is 377 Å². The Balaban J connectivity index is 0.000000121. The normalized spacial score (nSPS) is 11.5. The molecule has 0 radical (unpaired) electrons. The Bertz CT molecular complexity index is 6500. The van der Waals surface area contributed by atoms with Gasteiger partial charge in [-0.1, -0.05) is 350 Å². The summed E-state index contributed by atoms with van der Waals surface area (Å²) in [7, 11) is -1.54. The van der Waals surface area contributed by atoms with Gasteiger partial charge in [0.1, 0.15) is 22.3 Å². The molecule has 18 aromatic carbocycles. The molecule has 0 fully saturated rings. The van der Waals surface area contributed by atoms with Gasteiger partial charge >= 0.3 is 7.12 Å². The Hall–Kier alpha value is -12.4. The number of fused-ring (bicyclic) bond motifs is 12. The first-order valence-electron chi connectivity index (χ1n) is 34.4. The van der Waals surface area contributed by atoms with Crippen molar-refractivity contribution in [3.05, 3.63) is 368 Å². The molecule has 0 unspecified atom stereocenters. The predicted molar refractivity (Wildman–Crippen MR) is 434 cm³/mol. The monoisotopic (exact) mass is 1370 g/mol. The number of para-hydroxylation sites is 4. The highest BCUT2D eigenvalue weighted by molar-refractivity contribution is 9.10. The lowest BCUT2D eigenvalue weighted by atomic mass is 9.72. The Morgan fingerprint density at radius 2 is 0.510 bits per heavy atom. The van der Waals surface area contributed by atoms with E-state index in [0.717, 1.165) is 97.9 Å². The number of hydrogen-bond acceptors (Lipinski definition) is 4. The van der Waals surface area contributed by atoms with Crippen LogP contribution in [-0.2, 0) is 0 Å². The third-order valence-electron chi connectivity index (χ3n) is 20.1. The first-order chi connectivity index (χ1) is 50.4. The van der Waals surface area contributed by atoms with Crippen LogP contribution in [0.4, 0.5) is 0 Å². The van der Waals surface area contributed by atoms with Crippen LogP contribution in [-0.4, -0.2) is 17.2 Å². The molecule has 102 heavy (non-hydrogen) atoms. The summed E-state index contributed by atoms with van der Waals surface area (Å²) in [4.78, 5) is 0. The zero-order valence-corrected chi connectivity index (χ0v) is 56.9. The SMILES string of the molecule is Brc1cccc(-c2cccc3c2oc2ccccc23)c1.OB(O)c1c2ccccc2c(-c2ccc(-c3cccc4ccccc34)cc2)c2ccccc12.c1cc(-c2c3ccccc3c(-c3ccc(-c4cccc5ccccc45)cc3)c3ccccc23)cc(-c2cccc3c2oc2ccccc23)c1. The average molecular weight is 1370 g/mol. The van der Waals surface area contributed by atoms with E-state index in [0.29, 0.717) is 5.46 Å². The molecule has 0 aliphatic carbocycles. The molecule has 0 atom stereocenters. The molecule has 0 saturated heterocycles. The van der Waals surface area contributed by atoms with E-state index in [2.05, 4.69) is 301 Å². The Morgan fingerprint density at radius 3 is 0.941 bits per heavy atom. The van der Waals surface area contributed by atoms with Crippen LogP contribution in [0.3, 0.4) is 0 Å². The van der Waals surface area contributed by atoms with Gasteiger partial charge in [-0.05, 0) is 167 Å². The van der Waals surface area contributed by atoms with Gasteiger partial charge in [0, 0.05) is 37.1 Å². The molecular weight excluding hydrogens is 1310 g/mol. The van der Waals surface area contributed by atoms with Crippen molar-refractivity contribution in [2.45, 2.75) is 0 Å². The molecule has 2 heterocycles. The van der Waals surface area contributed by atoms with Crippen LogP contribution in [0.1, 0.15) is 0 Å². The van der Waals surface area contributed by atoms with E-state index in [4.69, 9.17) is 8.83 Å². The summed E-state index contributed by atoms with van der Waals surface area (Å²) in [5, 5.41) is 38.7. The molecule has 0 bridgehead atoms. The van der Waals surface area contributed by atoms with Crippen molar-refractivity contribution in [1.29, 1.82) is 0 Å². The van der Waals surface area contributed by atoms with E-state index >= 15 is 0 Å². The minimum atomic E-state index is -1.54. The quantitative estimate of drug-likeness (QED) is 0.118. The third-order valence-corrected chi connectivity index (χ3v) is 20.6. The number of rotatable bonds is 8. The molecule has 0 saturated carbocycles. The maximum absolute atomic E-state index is 10.2. The van der Waals surface area contributed by atoms with E-state index in [9.17, 15) is 10.0 Å². The zero-order valence-electron chi connectivity index (χ0n) is 55.3. The predicted octanol–water partition coefficient (Wildman–Crippen LogP) is 25.9. The molecule has 480 valence electrons. The molecule has 4 nitrogen and oxygen atoms in total. The molecule has 0 aliphatic rings. The van der Waals surface area contributed by atoms with Crippen LogP contribution in [0, 0.1) is 0 Å². The molecule has 2 N–H and O–H groups in total. The summed E-state index contributed by atoms with van der Waals surface area (Å²) in [6.45, 7) is 0. The molecule has 0 aliphatic heterocycles. The standard InChI is InChI=1S/C48H30O.C30H21BO2.C18H11BrO/c1-2-16-36-31(12-1)13-10-22-37(36)32-26-28-33(29-27-32)46-40-18-3-5-20-42(40)47(43-21-6-4-19-41(43)46)35-15-9-14-34(30-35)38-23-11-24-44-39-17-7-8-25-45(39)49-48(38)44;32-31(33)30-27-13-5-3-11-25(27)29(26-12-4-6-14-28(26)30)22-18-16-21(17-19-22)24-15-7-9-20-8-1-2-10-23(20)24;19-13-6-3-5-12(11-13)14-8-4-9-16-15-7-1-2-10-17(15)20-18(14)16/h1-30H;1-19,32-33H;1-11H. The maximum atomic E-state index is 10.2. The van der Waals surface area contributed by atoms with Gasteiger partial charge in [0.15, 0.2) is 0 Å². The minimum absolute atomic E-state index is 0.553. The number of benzene rings is 18. The summed E-state index contributed by atoms with van der Waals surface area (Å²) in [6.07, 6.45) is 0. The van der Waals surface area contributed by atoms with Gasteiger partial charge in [0.25, 0.3) is 0 Å². The Kier molecular flexibility index (Phi) is 16.0. The maximum Gasteiger partial charge on any atom is 0.489 e. The van der Waals surface area contributed by atoms with Gasteiger partial charge in [0.2, 0.25) is 0 Å². The Morgan fingerprint density at radius 1 is 0.216 bits per heavy atom. The van der Waals surface area contributed by atoms with E-state index in [1.54, 1.807) is 0 Å². The third kappa shape index (κ3) is 11.1. The van der Waals surface area contributed by atoms with Gasteiger partial charge in [0.05, 0.1) is 0 Å². The Labute approximate surface area is 598 Å². The van der Waals surface area contributed by atoms with Gasteiger partial charge < -0.3 is 18.9 Å². The van der Waals surface area contributed by atoms with Crippen molar-refractivity contribution >= 4 is 137 Å². The van der Waals surface area contributed by atoms with Crippen LogP contribution < -0.4 is 5.46 Å². The molecular formula is C96H62BBrO4. The van der Waals surface area contributed by atoms with E-state index < -0.39 is 7.12 Å². The first-order valence-corrected chi connectivity index (χ1v) is 35.2. The van der Waals surface area contributed by atoms with Crippen molar-refractivity contribution in [3.8, 4) is 77.9 Å². The van der Waals surface area contributed by atoms with Crippen molar-refractivity contribution < 1.29 is 18.9 Å². The second kappa shape index (κ2) is 26.4. The second-order valence-electron chi connectivity index (χ2n) is 26.0. The fraction of sp³-hybridized carbons (Fsp3) is 0. The smallest absolute Gasteiger partial charge is 0.455 e. The van der Waals surface area contributed by atoms with Crippen molar-refractivity contribution in [2.24, 2.45) is 0 Å². The molecule has 6 heteroatoms. The van der Waals surface area contributed by atoms with Crippen LogP contribution in [0.5, 0.6) is 0 Å². The summed E-state index contributed by atoms with van der Waals surface area (Å²) in [6, 6.07) is 128. The summed E-state index contributed by atoms with van der Waals surface area (Å²) < 4.78 is 13.6. The van der Waals surface area contributed by atoms with Gasteiger partial charge in [-0.3, -0.25) is 0 Å². The van der Waals surface area contributed by atoms with E-state index in [1.165, 1.54) is 93.0 Å². The van der Waals surface area contributed by atoms with Gasteiger partial charge in [-0.15, -0.1) is 0 Å². The highest BCUT2D eigenvalue weighted by Crippen LogP contribution is 2.47. The van der Waals surface area contributed by atoms with Crippen LogP contribution >= 0.6 is 15.9 Å². The lowest BCUT2D eigenvalue weighted by Crippen LogP contribution is -2.31. The van der Waals surface area contributed by atoms with E-state index in [1.807, 2.05) is 78.9 Å². The van der Waals surface area contributed by atoms with Crippen molar-refractivity contribution in [3.63, 3.8) is 0 Å². The first kappa shape index (κ1) is 61.9. The van der Waals surface area contributed by atoms with Crippen molar-refractivity contribution in [2.75, 3.05) is 0 Å². The van der Waals surface area contributed by atoms with Gasteiger partial charge in [-0.2, -0.15) is 0 Å². The summed E-state index contributed by atoms with van der Waals surface area (Å²) >= 11 is 3.53. The fourth-order valence-corrected chi connectivity index (χ4v) is 15.9. The second-order valence-corrected chi connectivity index (χ2v) is 26.9. The van der Waals surface area contributed by atoms with E-state index in [-0.39, 0.29) is 0 Å². The van der Waals surface area contributed by atoms with Crippen LogP contribution in [0.2, 0.25) is 0 Å². The molecule has 0 amide bonds. The topological polar surface area (TPSA) is 66.7 Å². The molecule has 20 aromatic rings. The zero-order chi connectivity index (χ0) is 68.2. The van der Waals surface area contributed by atoms with Gasteiger partial charge in [-0.25, -0.2) is 0 Å². The molecule has 0 spiro atoms. The highest BCUT2D eigenvalue weighted by Gasteiger charge is 2.24. The highest BCUT2D eigenvalue weighted by atomic mass is 79.9. The number of furan rings is 2. The molecule has 20 rings (SSSR count). The number of halogens is 1. The molecule has 2 aromatic heterocycles. The lowest BCUT2D eigenvalue weighted by molar-refractivity contribution is 0.426. The minimum Gasteiger partial charge on any atom is -0.455 e. The summed E-state index contributed by atoms with van der Waals surface area (Å²) in [5.41, 5.74) is 20.8. The summed E-state index contributed by atoms with van der Waals surface area (Å²) in [5.74, 6) is 0. The fourth-order valence-electron chi connectivity index (χ4n) is 15.5. The van der Waals surface area contributed by atoms with Crippen LogP contribution in [0.25, 0.3) is 186 Å². The van der Waals surface area contributed by atoms with Crippen molar-refractivity contribution in [1.82, 2.24) is 0 Å². The average Bonchev–Trinajstić information content (AvgIpc) is 1.31. The largest absolute Gasteiger partial charge is 0.489 e. The number of hydrogen-bond donors (Lipinski definition) is 2.